The molecule has 2 nitrogen and oxygen atoms in total. The molecule has 13 heavy (non-hydrogen) atoms. The molecule has 1 aliphatic rings. The van der Waals surface area contributed by atoms with Crippen LogP contribution in [0.4, 0.5) is 5.69 Å². The maximum atomic E-state index is 5.63. The standard InChI is InChI=1S/C11H15NO/c1-12-10-3-2-4-11(7-10)13-8-9-5-6-9/h2-4,7,9,12H,5-6,8H2,1H3. The first-order valence-electron chi connectivity index (χ1n) is 4.79. The van der Waals surface area contributed by atoms with Gasteiger partial charge in [-0.3, -0.25) is 0 Å². The molecule has 2 heteroatoms. The fourth-order valence-corrected chi connectivity index (χ4v) is 1.24. The third-order valence-corrected chi connectivity index (χ3v) is 2.31. The summed E-state index contributed by atoms with van der Waals surface area (Å²) in [6, 6.07) is 8.07. The van der Waals surface area contributed by atoms with Crippen LogP contribution in [-0.4, -0.2) is 13.7 Å². The van der Waals surface area contributed by atoms with Gasteiger partial charge in [0.2, 0.25) is 0 Å². The molecule has 2 rings (SSSR count). The Balaban J connectivity index is 1.93. The van der Waals surface area contributed by atoms with Gasteiger partial charge in [-0.15, -0.1) is 0 Å². The topological polar surface area (TPSA) is 21.3 Å². The molecule has 1 fully saturated rings. The molecule has 0 heterocycles. The highest BCUT2D eigenvalue weighted by atomic mass is 16.5. The molecule has 0 aliphatic heterocycles. The lowest BCUT2D eigenvalue weighted by atomic mass is 10.3. The van der Waals surface area contributed by atoms with E-state index in [0.717, 1.165) is 24.0 Å². The van der Waals surface area contributed by atoms with Gasteiger partial charge in [0, 0.05) is 18.8 Å². The number of nitrogens with one attached hydrogen (secondary N) is 1. The van der Waals surface area contributed by atoms with Gasteiger partial charge in [-0.2, -0.15) is 0 Å². The molecule has 0 atom stereocenters. The first-order valence-corrected chi connectivity index (χ1v) is 4.79. The third-order valence-electron chi connectivity index (χ3n) is 2.31. The molecule has 0 radical (unpaired) electrons. The van der Waals surface area contributed by atoms with E-state index in [1.54, 1.807) is 0 Å². The van der Waals surface area contributed by atoms with Crippen LogP contribution in [0.3, 0.4) is 0 Å². The van der Waals surface area contributed by atoms with Crippen LogP contribution in [0.15, 0.2) is 24.3 Å². The minimum absolute atomic E-state index is 0.818. The molecule has 70 valence electrons. The number of ether oxygens (including phenoxy) is 1. The summed E-state index contributed by atoms with van der Waals surface area (Å²) < 4.78 is 5.63. The smallest absolute Gasteiger partial charge is 0.121 e. The zero-order valence-corrected chi connectivity index (χ0v) is 7.92. The van der Waals surface area contributed by atoms with E-state index in [0.29, 0.717) is 0 Å². The van der Waals surface area contributed by atoms with E-state index in [1.807, 2.05) is 31.3 Å². The molecule has 0 unspecified atom stereocenters. The molecule has 0 bridgehead atoms. The average Bonchev–Trinajstić information content (AvgIpc) is 2.99. The van der Waals surface area contributed by atoms with Crippen LogP contribution < -0.4 is 10.1 Å². The van der Waals surface area contributed by atoms with Crippen molar-refractivity contribution in [3.63, 3.8) is 0 Å². The molecule has 1 aromatic rings. The maximum absolute atomic E-state index is 5.63. The average molecular weight is 177 g/mol. The largest absolute Gasteiger partial charge is 0.493 e. The van der Waals surface area contributed by atoms with Crippen molar-refractivity contribution in [2.24, 2.45) is 5.92 Å². The molecule has 0 aromatic heterocycles. The van der Waals surface area contributed by atoms with E-state index in [1.165, 1.54) is 12.8 Å². The summed E-state index contributed by atoms with van der Waals surface area (Å²) in [7, 11) is 1.92. The van der Waals surface area contributed by atoms with Crippen molar-refractivity contribution in [1.82, 2.24) is 0 Å². The molecule has 1 aliphatic carbocycles. The van der Waals surface area contributed by atoms with Crippen molar-refractivity contribution < 1.29 is 4.74 Å². The van der Waals surface area contributed by atoms with Gasteiger partial charge in [0.05, 0.1) is 6.61 Å². The summed E-state index contributed by atoms with van der Waals surface area (Å²) in [5.74, 6) is 1.79. The van der Waals surface area contributed by atoms with Crippen molar-refractivity contribution >= 4 is 5.69 Å². The second-order valence-electron chi connectivity index (χ2n) is 3.53. The van der Waals surface area contributed by atoms with Gasteiger partial charge in [-0.05, 0) is 30.9 Å². The Labute approximate surface area is 78.9 Å². The molecule has 1 aromatic carbocycles. The number of benzene rings is 1. The number of rotatable bonds is 4. The number of hydrogen-bond acceptors (Lipinski definition) is 2. The lowest BCUT2D eigenvalue weighted by Gasteiger charge is -2.06. The van der Waals surface area contributed by atoms with Crippen LogP contribution in [0.2, 0.25) is 0 Å². The lowest BCUT2D eigenvalue weighted by molar-refractivity contribution is 0.300. The summed E-state index contributed by atoms with van der Waals surface area (Å²) in [6.07, 6.45) is 2.68. The summed E-state index contributed by atoms with van der Waals surface area (Å²) in [4.78, 5) is 0. The summed E-state index contributed by atoms with van der Waals surface area (Å²) >= 11 is 0. The van der Waals surface area contributed by atoms with Gasteiger partial charge in [-0.25, -0.2) is 0 Å². The van der Waals surface area contributed by atoms with Crippen LogP contribution in [0, 0.1) is 5.92 Å². The molecular weight excluding hydrogens is 162 g/mol. The van der Waals surface area contributed by atoms with E-state index in [2.05, 4.69) is 5.32 Å². The van der Waals surface area contributed by atoms with Crippen molar-refractivity contribution in [3.05, 3.63) is 24.3 Å². The SMILES string of the molecule is CNc1cccc(OCC2CC2)c1. The fraction of sp³-hybridized carbons (Fsp3) is 0.455. The van der Waals surface area contributed by atoms with Gasteiger partial charge in [0.25, 0.3) is 0 Å². The van der Waals surface area contributed by atoms with Crippen LogP contribution in [-0.2, 0) is 0 Å². The van der Waals surface area contributed by atoms with E-state index in [-0.39, 0.29) is 0 Å². The quantitative estimate of drug-likeness (QED) is 0.763. The zero-order chi connectivity index (χ0) is 9.10. The van der Waals surface area contributed by atoms with Crippen LogP contribution in [0.25, 0.3) is 0 Å². The predicted molar refractivity (Wildman–Crippen MR) is 54.2 cm³/mol. The summed E-state index contributed by atoms with van der Waals surface area (Å²) in [6.45, 7) is 0.882. The summed E-state index contributed by atoms with van der Waals surface area (Å²) in [5, 5.41) is 3.09. The molecule has 1 N–H and O–H groups in total. The highest BCUT2D eigenvalue weighted by Crippen LogP contribution is 2.29. The van der Waals surface area contributed by atoms with E-state index < -0.39 is 0 Å². The van der Waals surface area contributed by atoms with E-state index in [9.17, 15) is 0 Å². The highest BCUT2D eigenvalue weighted by molar-refractivity contribution is 5.47. The Hall–Kier alpha value is -1.18. The van der Waals surface area contributed by atoms with Gasteiger partial charge >= 0.3 is 0 Å². The van der Waals surface area contributed by atoms with Crippen molar-refractivity contribution in [2.45, 2.75) is 12.8 Å². The molecule has 0 saturated heterocycles. The maximum Gasteiger partial charge on any atom is 0.121 e. The Morgan fingerprint density at radius 1 is 1.46 bits per heavy atom. The Morgan fingerprint density at radius 2 is 2.31 bits per heavy atom. The molecule has 0 amide bonds. The first-order chi connectivity index (χ1) is 6.38. The highest BCUT2D eigenvalue weighted by Gasteiger charge is 2.21. The van der Waals surface area contributed by atoms with E-state index in [4.69, 9.17) is 4.74 Å². The van der Waals surface area contributed by atoms with Crippen LogP contribution in [0.1, 0.15) is 12.8 Å². The summed E-state index contributed by atoms with van der Waals surface area (Å²) in [5.41, 5.74) is 1.10. The fourth-order valence-electron chi connectivity index (χ4n) is 1.24. The van der Waals surface area contributed by atoms with Gasteiger partial charge in [0.1, 0.15) is 5.75 Å². The minimum atomic E-state index is 0.818. The number of hydrogen-bond donors (Lipinski definition) is 1. The minimum Gasteiger partial charge on any atom is -0.493 e. The molecular formula is C11H15NO. The van der Waals surface area contributed by atoms with Gasteiger partial charge in [0.15, 0.2) is 0 Å². The monoisotopic (exact) mass is 177 g/mol. The van der Waals surface area contributed by atoms with Gasteiger partial charge < -0.3 is 10.1 Å². The van der Waals surface area contributed by atoms with Crippen LogP contribution in [0.5, 0.6) is 5.75 Å². The Bertz CT molecular complexity index is 281. The second kappa shape index (κ2) is 3.69. The third kappa shape index (κ3) is 2.38. The van der Waals surface area contributed by atoms with E-state index >= 15 is 0 Å². The Kier molecular flexibility index (Phi) is 2.39. The van der Waals surface area contributed by atoms with Crippen molar-refractivity contribution in [1.29, 1.82) is 0 Å². The predicted octanol–water partition coefficient (Wildman–Crippen LogP) is 2.52. The van der Waals surface area contributed by atoms with Crippen LogP contribution >= 0.6 is 0 Å². The van der Waals surface area contributed by atoms with Crippen molar-refractivity contribution in [3.8, 4) is 5.75 Å². The molecule has 1 saturated carbocycles. The number of anilines is 1. The Morgan fingerprint density at radius 3 is 3.00 bits per heavy atom. The molecule has 0 spiro atoms. The van der Waals surface area contributed by atoms with Crippen molar-refractivity contribution in [2.75, 3.05) is 19.0 Å². The normalized spacial score (nSPS) is 15.5. The second-order valence-corrected chi connectivity index (χ2v) is 3.53. The van der Waals surface area contributed by atoms with Gasteiger partial charge in [-0.1, -0.05) is 6.07 Å². The lowest BCUT2D eigenvalue weighted by Crippen LogP contribution is -1.99. The first kappa shape index (κ1) is 8.42. The zero-order valence-electron chi connectivity index (χ0n) is 7.92.